The van der Waals surface area contributed by atoms with Crippen LogP contribution < -0.4 is 11.2 Å². The summed E-state index contributed by atoms with van der Waals surface area (Å²) in [6.45, 7) is 1.10. The van der Waals surface area contributed by atoms with Crippen molar-refractivity contribution >= 4 is 17.4 Å². The number of hydrogen-bond donors (Lipinski definition) is 2. The number of aromatic amines is 1. The Bertz CT molecular complexity index is 1180. The van der Waals surface area contributed by atoms with Crippen molar-refractivity contribution in [3.05, 3.63) is 59.3 Å². The summed E-state index contributed by atoms with van der Waals surface area (Å²) in [4.78, 5) is 28.4. The Balaban J connectivity index is 1.64. The highest BCUT2D eigenvalue weighted by Gasteiger charge is 2.46. The third kappa shape index (κ3) is 2.85. The van der Waals surface area contributed by atoms with Crippen LogP contribution >= 0.6 is 11.3 Å². The molecule has 0 radical (unpaired) electrons. The van der Waals surface area contributed by atoms with Crippen LogP contribution in [0, 0.1) is 0 Å². The average molecular weight is 438 g/mol. The maximum atomic E-state index is 15.2. The third-order valence-electron chi connectivity index (χ3n) is 6.56. The lowest BCUT2D eigenvalue weighted by Gasteiger charge is -2.30. The van der Waals surface area contributed by atoms with Crippen LogP contribution in [0.15, 0.2) is 21.5 Å². The summed E-state index contributed by atoms with van der Waals surface area (Å²) in [7, 11) is 0. The number of aliphatic hydroxyl groups excluding tert-OH is 1. The van der Waals surface area contributed by atoms with Crippen molar-refractivity contribution in [2.75, 3.05) is 6.61 Å². The first-order chi connectivity index (χ1) is 14.2. The Hall–Kier alpha value is -2.13. The van der Waals surface area contributed by atoms with Crippen molar-refractivity contribution in [2.24, 2.45) is 0 Å². The molecule has 0 bridgehead atoms. The number of thiophene rings is 1. The van der Waals surface area contributed by atoms with Crippen LogP contribution in [0.1, 0.15) is 76.6 Å². The fourth-order valence-electron chi connectivity index (χ4n) is 4.91. The van der Waals surface area contributed by atoms with Gasteiger partial charge < -0.3 is 5.11 Å². The molecule has 2 heterocycles. The number of aliphatic hydroxyl groups is 1. The van der Waals surface area contributed by atoms with Gasteiger partial charge in [-0.15, -0.1) is 11.3 Å². The van der Waals surface area contributed by atoms with E-state index in [0.717, 1.165) is 17.7 Å². The summed E-state index contributed by atoms with van der Waals surface area (Å²) < 4.78 is 45.3. The number of fused-ring (bicyclic) bond motifs is 2. The van der Waals surface area contributed by atoms with Crippen molar-refractivity contribution in [3.8, 4) is 0 Å². The Morgan fingerprint density at radius 1 is 1.33 bits per heavy atom. The van der Waals surface area contributed by atoms with Gasteiger partial charge in [-0.1, -0.05) is 6.92 Å². The second-order valence-electron chi connectivity index (χ2n) is 8.48. The van der Waals surface area contributed by atoms with E-state index < -0.39 is 47.4 Å². The number of rotatable bonds is 3. The molecule has 0 saturated heterocycles. The molecule has 3 aliphatic rings. The van der Waals surface area contributed by atoms with E-state index >= 15 is 4.39 Å². The standard InChI is InChI=1S/C21H21F3N2O3S/c1-9-17(16-7-11-13(8-27)21(23,24)5-4-15(11)30-16)14(22)6-12-18(9)26(10-2-3-10)20(29)25-19(12)28/h6-7,9-10,13,17,27H,2-5,8H2,1H3,(H,25,28,29). The molecule has 2 aromatic heterocycles. The van der Waals surface area contributed by atoms with Crippen LogP contribution in [-0.4, -0.2) is 27.2 Å². The maximum Gasteiger partial charge on any atom is 0.328 e. The van der Waals surface area contributed by atoms with E-state index in [4.69, 9.17) is 0 Å². The van der Waals surface area contributed by atoms with Crippen LogP contribution in [-0.2, 0) is 6.42 Å². The molecule has 30 heavy (non-hydrogen) atoms. The SMILES string of the molecule is CC1c2c(c(=O)[nH]c(=O)n2C2CC2)C=C(F)C1c1cc2c(s1)CCC(F)(F)C2CO. The number of aromatic nitrogens is 2. The summed E-state index contributed by atoms with van der Waals surface area (Å²) in [6, 6.07) is 1.58. The number of nitrogens with zero attached hydrogens (tertiary/aromatic N) is 1. The molecule has 1 fully saturated rings. The predicted molar refractivity (Wildman–Crippen MR) is 107 cm³/mol. The molecule has 2 N–H and O–H groups in total. The number of H-pyrrole nitrogens is 1. The number of alkyl halides is 2. The lowest BCUT2D eigenvalue weighted by Crippen LogP contribution is -2.37. The molecular formula is C21H21F3N2O3S. The van der Waals surface area contributed by atoms with Crippen molar-refractivity contribution in [2.45, 2.75) is 62.3 Å². The van der Waals surface area contributed by atoms with E-state index in [1.165, 1.54) is 17.4 Å². The minimum Gasteiger partial charge on any atom is -0.396 e. The van der Waals surface area contributed by atoms with Gasteiger partial charge in [-0.25, -0.2) is 18.0 Å². The van der Waals surface area contributed by atoms with Gasteiger partial charge in [0, 0.05) is 33.8 Å². The van der Waals surface area contributed by atoms with Crippen molar-refractivity contribution < 1.29 is 18.3 Å². The number of allylic oxidation sites excluding steroid dienone is 1. The van der Waals surface area contributed by atoms with E-state index in [0.29, 0.717) is 16.1 Å². The fraction of sp³-hybridized carbons (Fsp3) is 0.524. The van der Waals surface area contributed by atoms with E-state index in [9.17, 15) is 23.5 Å². The van der Waals surface area contributed by atoms with Crippen LogP contribution in [0.3, 0.4) is 0 Å². The molecule has 2 aromatic rings. The molecule has 1 saturated carbocycles. The van der Waals surface area contributed by atoms with Gasteiger partial charge in [0.15, 0.2) is 0 Å². The zero-order valence-corrected chi connectivity index (χ0v) is 17.1. The molecule has 3 unspecified atom stereocenters. The van der Waals surface area contributed by atoms with E-state index in [-0.39, 0.29) is 24.4 Å². The molecule has 160 valence electrons. The first-order valence-electron chi connectivity index (χ1n) is 10.1. The van der Waals surface area contributed by atoms with Gasteiger partial charge in [0.05, 0.1) is 24.0 Å². The zero-order valence-electron chi connectivity index (χ0n) is 16.3. The highest BCUT2D eigenvalue weighted by Crippen LogP contribution is 2.52. The summed E-state index contributed by atoms with van der Waals surface area (Å²) in [5.41, 5.74) is -0.0623. The highest BCUT2D eigenvalue weighted by atomic mass is 32.1. The average Bonchev–Trinajstić information content (AvgIpc) is 3.41. The topological polar surface area (TPSA) is 75.1 Å². The number of nitrogens with one attached hydrogen (secondary N) is 1. The number of aryl methyl sites for hydroxylation is 1. The Kier molecular flexibility index (Phi) is 4.41. The fourth-order valence-corrected chi connectivity index (χ4v) is 6.35. The van der Waals surface area contributed by atoms with Crippen LogP contribution in [0.5, 0.6) is 0 Å². The minimum absolute atomic E-state index is 0.00485. The molecule has 3 aliphatic carbocycles. The molecule has 9 heteroatoms. The normalized spacial score (nSPS) is 27.4. The molecular weight excluding hydrogens is 417 g/mol. The lowest BCUT2D eigenvalue weighted by atomic mass is 9.80. The molecule has 3 atom stereocenters. The van der Waals surface area contributed by atoms with Gasteiger partial charge in [-0.05, 0) is 37.0 Å². The first kappa shape index (κ1) is 19.8. The van der Waals surface area contributed by atoms with Gasteiger partial charge in [0.2, 0.25) is 0 Å². The largest absolute Gasteiger partial charge is 0.396 e. The maximum absolute atomic E-state index is 15.2. The highest BCUT2D eigenvalue weighted by molar-refractivity contribution is 7.12. The summed E-state index contributed by atoms with van der Waals surface area (Å²) in [5.74, 6) is -6.08. The third-order valence-corrected chi connectivity index (χ3v) is 7.86. The van der Waals surface area contributed by atoms with Gasteiger partial charge in [0.1, 0.15) is 5.83 Å². The molecule has 0 spiro atoms. The Morgan fingerprint density at radius 2 is 2.07 bits per heavy atom. The van der Waals surface area contributed by atoms with Gasteiger partial charge >= 0.3 is 5.69 Å². The smallest absolute Gasteiger partial charge is 0.328 e. The zero-order chi connectivity index (χ0) is 21.4. The number of hydrogen-bond acceptors (Lipinski definition) is 4. The van der Waals surface area contributed by atoms with Crippen LogP contribution in [0.4, 0.5) is 13.2 Å². The molecule has 0 aromatic carbocycles. The summed E-state index contributed by atoms with van der Waals surface area (Å²) >= 11 is 1.28. The number of halogens is 3. The van der Waals surface area contributed by atoms with E-state index in [2.05, 4.69) is 4.98 Å². The van der Waals surface area contributed by atoms with Crippen molar-refractivity contribution in [3.63, 3.8) is 0 Å². The predicted octanol–water partition coefficient (Wildman–Crippen LogP) is 3.80. The van der Waals surface area contributed by atoms with E-state index in [1.54, 1.807) is 17.6 Å². The monoisotopic (exact) mass is 438 g/mol. The molecule has 0 amide bonds. The summed E-state index contributed by atoms with van der Waals surface area (Å²) in [6.07, 6.45) is 2.65. The second-order valence-corrected chi connectivity index (χ2v) is 9.65. The first-order valence-corrected chi connectivity index (χ1v) is 10.9. The van der Waals surface area contributed by atoms with Gasteiger partial charge in [0.25, 0.3) is 11.5 Å². The Morgan fingerprint density at radius 3 is 2.73 bits per heavy atom. The van der Waals surface area contributed by atoms with Gasteiger partial charge in [-0.3, -0.25) is 14.3 Å². The quantitative estimate of drug-likeness (QED) is 0.766. The second kappa shape index (κ2) is 6.68. The summed E-state index contributed by atoms with van der Waals surface area (Å²) in [5, 5.41) is 9.56. The van der Waals surface area contributed by atoms with Gasteiger partial charge in [-0.2, -0.15) is 0 Å². The van der Waals surface area contributed by atoms with Crippen LogP contribution in [0.25, 0.3) is 6.08 Å². The van der Waals surface area contributed by atoms with E-state index in [1.807, 2.05) is 0 Å². The molecule has 0 aliphatic heterocycles. The Labute approximate surface area is 173 Å². The molecule has 5 nitrogen and oxygen atoms in total. The lowest BCUT2D eigenvalue weighted by molar-refractivity contribution is -0.0555. The van der Waals surface area contributed by atoms with Crippen molar-refractivity contribution in [1.82, 2.24) is 9.55 Å². The molecule has 5 rings (SSSR count). The van der Waals surface area contributed by atoms with Crippen molar-refractivity contribution in [1.29, 1.82) is 0 Å². The van der Waals surface area contributed by atoms with Crippen LogP contribution in [0.2, 0.25) is 0 Å². The minimum atomic E-state index is -3.00.